The predicted octanol–water partition coefficient (Wildman–Crippen LogP) is 3.32. The van der Waals surface area contributed by atoms with Crippen LogP contribution in [0.25, 0.3) is 0 Å². The first kappa shape index (κ1) is 20.7. The molecule has 1 fully saturated rings. The largest absolute Gasteiger partial charge is 0.481 e. The minimum Gasteiger partial charge on any atom is -0.481 e. The summed E-state index contributed by atoms with van der Waals surface area (Å²) >= 11 is 0. The monoisotopic (exact) mass is 375 g/mol. The fourth-order valence-corrected chi connectivity index (χ4v) is 3.10. The van der Waals surface area contributed by atoms with Crippen LogP contribution in [-0.4, -0.2) is 46.5 Å². The Morgan fingerprint density at radius 1 is 1.19 bits per heavy atom. The smallest absolute Gasteiger partial charge is 0.319 e. The predicted molar refractivity (Wildman–Crippen MR) is 104 cm³/mol. The minimum absolute atomic E-state index is 0.0320. The second kappa shape index (κ2) is 8.88. The lowest BCUT2D eigenvalue weighted by Gasteiger charge is -2.31. The number of amides is 3. The number of likely N-dealkylation sites (tertiary alicyclic amines) is 1. The molecule has 7 nitrogen and oxygen atoms in total. The lowest BCUT2D eigenvalue weighted by atomic mass is 9.98. The Morgan fingerprint density at radius 2 is 1.81 bits per heavy atom. The number of piperidine rings is 1. The molecule has 0 aromatic heterocycles. The molecule has 1 aliphatic rings. The van der Waals surface area contributed by atoms with E-state index in [9.17, 15) is 14.4 Å². The van der Waals surface area contributed by atoms with Gasteiger partial charge in [0, 0.05) is 25.0 Å². The summed E-state index contributed by atoms with van der Waals surface area (Å²) in [6.07, 6.45) is 2.25. The van der Waals surface area contributed by atoms with Crippen molar-refractivity contribution in [3.05, 3.63) is 29.8 Å². The third-order valence-corrected chi connectivity index (χ3v) is 4.89. The molecule has 0 radical (unpaired) electrons. The molecule has 0 bridgehead atoms. The molecular formula is C20H29N3O4. The average Bonchev–Trinajstić information content (AvgIpc) is 2.60. The fraction of sp³-hybridized carbons (Fsp3) is 0.550. The molecule has 0 saturated carbocycles. The Kier molecular flexibility index (Phi) is 6.82. The van der Waals surface area contributed by atoms with E-state index in [0.29, 0.717) is 23.6 Å². The molecule has 2 rings (SSSR count). The summed E-state index contributed by atoms with van der Waals surface area (Å²) < 4.78 is 0. The summed E-state index contributed by atoms with van der Waals surface area (Å²) in [7, 11) is 0. The van der Waals surface area contributed by atoms with E-state index in [1.165, 1.54) is 0 Å². The molecule has 0 unspecified atom stereocenters. The molecule has 1 saturated heterocycles. The molecular weight excluding hydrogens is 346 g/mol. The molecule has 1 aromatic rings. The first-order chi connectivity index (χ1) is 12.7. The standard InChI is InChI=1S/C20H29N3O4/c1-14-9-12-23(13-10-14)18(26)15-6-4-5-7-16(15)21-19(27)22-20(2,3)11-8-17(24)25/h4-7,14H,8-13H2,1-3H3,(H,24,25)(H2,21,22,27). The van der Waals surface area contributed by atoms with E-state index in [-0.39, 0.29) is 12.3 Å². The van der Waals surface area contributed by atoms with Crippen LogP contribution in [0.5, 0.6) is 0 Å². The van der Waals surface area contributed by atoms with Gasteiger partial charge in [-0.25, -0.2) is 4.79 Å². The van der Waals surface area contributed by atoms with Crippen molar-refractivity contribution in [3.8, 4) is 0 Å². The van der Waals surface area contributed by atoms with Gasteiger partial charge in [-0.2, -0.15) is 0 Å². The zero-order valence-electron chi connectivity index (χ0n) is 16.2. The molecule has 27 heavy (non-hydrogen) atoms. The van der Waals surface area contributed by atoms with Crippen molar-refractivity contribution in [2.45, 2.75) is 52.0 Å². The van der Waals surface area contributed by atoms with Crippen molar-refractivity contribution < 1.29 is 19.5 Å². The van der Waals surface area contributed by atoms with Crippen LogP contribution < -0.4 is 10.6 Å². The summed E-state index contributed by atoms with van der Waals surface area (Å²) in [5, 5.41) is 14.3. The van der Waals surface area contributed by atoms with Crippen LogP contribution in [0.3, 0.4) is 0 Å². The van der Waals surface area contributed by atoms with E-state index >= 15 is 0 Å². The minimum atomic E-state index is -0.905. The van der Waals surface area contributed by atoms with E-state index in [0.717, 1.165) is 25.9 Å². The highest BCUT2D eigenvalue weighted by Crippen LogP contribution is 2.22. The van der Waals surface area contributed by atoms with Gasteiger partial charge in [-0.1, -0.05) is 19.1 Å². The Hall–Kier alpha value is -2.57. The maximum Gasteiger partial charge on any atom is 0.319 e. The molecule has 1 aromatic carbocycles. The average molecular weight is 375 g/mol. The van der Waals surface area contributed by atoms with Gasteiger partial charge >= 0.3 is 12.0 Å². The molecule has 0 spiro atoms. The van der Waals surface area contributed by atoms with E-state index in [2.05, 4.69) is 17.6 Å². The van der Waals surface area contributed by atoms with Gasteiger partial charge in [0.25, 0.3) is 5.91 Å². The molecule has 3 amide bonds. The van der Waals surface area contributed by atoms with Gasteiger partial charge in [0.05, 0.1) is 11.3 Å². The van der Waals surface area contributed by atoms with Crippen LogP contribution in [0.4, 0.5) is 10.5 Å². The SMILES string of the molecule is CC1CCN(C(=O)c2ccccc2NC(=O)NC(C)(C)CCC(=O)O)CC1. The number of carbonyl (C=O) groups excluding carboxylic acids is 2. The number of urea groups is 1. The lowest BCUT2D eigenvalue weighted by Crippen LogP contribution is -2.46. The molecule has 7 heteroatoms. The molecule has 1 heterocycles. The highest BCUT2D eigenvalue weighted by atomic mass is 16.4. The van der Waals surface area contributed by atoms with E-state index in [1.54, 1.807) is 38.1 Å². The van der Waals surface area contributed by atoms with Gasteiger partial charge < -0.3 is 20.6 Å². The summed E-state index contributed by atoms with van der Waals surface area (Å²) in [5.41, 5.74) is 0.239. The number of nitrogens with zero attached hydrogens (tertiary/aromatic N) is 1. The zero-order valence-corrected chi connectivity index (χ0v) is 16.2. The number of nitrogens with one attached hydrogen (secondary N) is 2. The van der Waals surface area contributed by atoms with Gasteiger partial charge in [0.1, 0.15) is 0 Å². The number of benzene rings is 1. The number of hydrogen-bond donors (Lipinski definition) is 3. The summed E-state index contributed by atoms with van der Waals surface area (Å²) in [5.74, 6) is -0.360. The third kappa shape index (κ3) is 6.27. The maximum atomic E-state index is 12.9. The number of hydrogen-bond acceptors (Lipinski definition) is 3. The van der Waals surface area contributed by atoms with Crippen LogP contribution in [0.15, 0.2) is 24.3 Å². The second-order valence-electron chi connectivity index (χ2n) is 7.88. The number of carboxylic acids is 1. The van der Waals surface area contributed by atoms with Gasteiger partial charge in [-0.15, -0.1) is 0 Å². The van der Waals surface area contributed by atoms with Gasteiger partial charge in [0.15, 0.2) is 0 Å². The van der Waals surface area contributed by atoms with Crippen LogP contribution >= 0.6 is 0 Å². The number of para-hydroxylation sites is 1. The van der Waals surface area contributed by atoms with Crippen LogP contribution in [0.1, 0.15) is 56.8 Å². The summed E-state index contributed by atoms with van der Waals surface area (Å²) in [6.45, 7) is 7.17. The first-order valence-electron chi connectivity index (χ1n) is 9.37. The lowest BCUT2D eigenvalue weighted by molar-refractivity contribution is -0.137. The normalized spacial score (nSPS) is 15.3. The molecule has 1 aliphatic heterocycles. The van der Waals surface area contributed by atoms with Gasteiger partial charge in [0.2, 0.25) is 0 Å². The van der Waals surface area contributed by atoms with E-state index in [1.807, 2.05) is 4.90 Å². The van der Waals surface area contributed by atoms with Crippen molar-refractivity contribution >= 4 is 23.6 Å². The Labute approximate surface area is 160 Å². The zero-order chi connectivity index (χ0) is 20.0. The number of rotatable bonds is 6. The Balaban J connectivity index is 2.03. The Morgan fingerprint density at radius 3 is 2.44 bits per heavy atom. The fourth-order valence-electron chi connectivity index (χ4n) is 3.10. The quantitative estimate of drug-likeness (QED) is 0.710. The van der Waals surface area contributed by atoms with E-state index in [4.69, 9.17) is 5.11 Å². The van der Waals surface area contributed by atoms with Crippen LogP contribution in [0, 0.1) is 5.92 Å². The number of carboxylic acid groups (broad SMARTS) is 1. The van der Waals surface area contributed by atoms with Gasteiger partial charge in [-0.3, -0.25) is 9.59 Å². The number of carbonyl (C=O) groups is 3. The number of anilines is 1. The second-order valence-corrected chi connectivity index (χ2v) is 7.88. The van der Waals surface area contributed by atoms with Crippen molar-refractivity contribution in [1.82, 2.24) is 10.2 Å². The van der Waals surface area contributed by atoms with Crippen molar-refractivity contribution in [3.63, 3.8) is 0 Å². The molecule has 0 aliphatic carbocycles. The van der Waals surface area contributed by atoms with Crippen LogP contribution in [0.2, 0.25) is 0 Å². The maximum absolute atomic E-state index is 12.9. The summed E-state index contributed by atoms with van der Waals surface area (Å²) in [4.78, 5) is 37.8. The molecule has 3 N–H and O–H groups in total. The summed E-state index contributed by atoms with van der Waals surface area (Å²) in [6, 6.07) is 6.49. The third-order valence-electron chi connectivity index (χ3n) is 4.89. The number of aliphatic carboxylic acids is 1. The highest BCUT2D eigenvalue weighted by Gasteiger charge is 2.25. The molecule has 0 atom stereocenters. The molecule has 148 valence electrons. The van der Waals surface area contributed by atoms with E-state index < -0.39 is 17.5 Å². The van der Waals surface area contributed by atoms with Crippen molar-refractivity contribution in [2.75, 3.05) is 18.4 Å². The Bertz CT molecular complexity index is 694. The first-order valence-corrected chi connectivity index (χ1v) is 9.37. The van der Waals surface area contributed by atoms with Gasteiger partial charge in [-0.05, 0) is 51.2 Å². The van der Waals surface area contributed by atoms with Crippen molar-refractivity contribution in [1.29, 1.82) is 0 Å². The van der Waals surface area contributed by atoms with Crippen LogP contribution in [-0.2, 0) is 4.79 Å². The topological polar surface area (TPSA) is 98.7 Å². The van der Waals surface area contributed by atoms with Crippen molar-refractivity contribution in [2.24, 2.45) is 5.92 Å². The highest BCUT2D eigenvalue weighted by molar-refractivity contribution is 6.03.